The molecule has 3 atom stereocenters. The van der Waals surface area contributed by atoms with Crippen molar-refractivity contribution in [3.63, 3.8) is 0 Å². The molecular formula is C21H32N2+2. The average molecular weight is 313 g/mol. The number of hydrogen-bond acceptors (Lipinski definition) is 0. The monoisotopic (exact) mass is 312 g/mol. The van der Waals surface area contributed by atoms with Crippen molar-refractivity contribution >= 4 is 0 Å². The van der Waals surface area contributed by atoms with Gasteiger partial charge in [0.2, 0.25) is 0 Å². The van der Waals surface area contributed by atoms with E-state index >= 15 is 0 Å². The maximum absolute atomic E-state index is 2.52. The smallest absolute Gasteiger partial charge is 0.127 e. The molecule has 2 N–H and O–H groups in total. The molecule has 2 aliphatic carbocycles. The highest BCUT2D eigenvalue weighted by atomic mass is 15.3. The van der Waals surface area contributed by atoms with Gasteiger partial charge in [0.25, 0.3) is 0 Å². The Morgan fingerprint density at radius 1 is 0.870 bits per heavy atom. The molecule has 23 heavy (non-hydrogen) atoms. The van der Waals surface area contributed by atoms with Crippen molar-refractivity contribution in [2.45, 2.75) is 25.7 Å². The molecule has 0 radical (unpaired) electrons. The second-order valence-corrected chi connectivity index (χ2v) is 8.08. The Balaban J connectivity index is 1.14. The molecule has 1 saturated carbocycles. The Morgan fingerprint density at radius 3 is 2.35 bits per heavy atom. The second-order valence-electron chi connectivity index (χ2n) is 8.08. The Hall–Kier alpha value is -1.12. The number of rotatable bonds is 6. The molecule has 1 aliphatic heterocycles. The van der Waals surface area contributed by atoms with Crippen LogP contribution in [0.15, 0.2) is 42.5 Å². The molecule has 2 heteroatoms. The van der Waals surface area contributed by atoms with Crippen molar-refractivity contribution in [2.75, 3.05) is 39.3 Å². The lowest BCUT2D eigenvalue weighted by molar-refractivity contribution is -1.01. The van der Waals surface area contributed by atoms with Crippen molar-refractivity contribution in [1.82, 2.24) is 0 Å². The van der Waals surface area contributed by atoms with Gasteiger partial charge in [0.15, 0.2) is 0 Å². The van der Waals surface area contributed by atoms with Crippen LogP contribution in [0.2, 0.25) is 0 Å². The molecule has 1 heterocycles. The second kappa shape index (κ2) is 7.19. The van der Waals surface area contributed by atoms with Crippen LogP contribution >= 0.6 is 0 Å². The molecule has 1 aromatic carbocycles. The van der Waals surface area contributed by atoms with Crippen LogP contribution in [0.25, 0.3) is 0 Å². The SMILES string of the molecule is C1=C[C@H]2C[C@@H]1C[C@@H]2C[NH+]1CC[NH+](CCCc2ccccc2)CC1. The molecule has 2 bridgehead atoms. The van der Waals surface area contributed by atoms with E-state index in [-0.39, 0.29) is 0 Å². The molecule has 1 aromatic rings. The van der Waals surface area contributed by atoms with Gasteiger partial charge in [-0.05, 0) is 36.7 Å². The van der Waals surface area contributed by atoms with Crippen LogP contribution < -0.4 is 9.80 Å². The van der Waals surface area contributed by atoms with Gasteiger partial charge in [-0.15, -0.1) is 0 Å². The summed E-state index contributed by atoms with van der Waals surface area (Å²) in [5.41, 5.74) is 1.50. The van der Waals surface area contributed by atoms with Gasteiger partial charge in [-0.1, -0.05) is 42.5 Å². The molecule has 124 valence electrons. The first-order valence-corrected chi connectivity index (χ1v) is 9.76. The van der Waals surface area contributed by atoms with Crippen LogP contribution in [0.4, 0.5) is 0 Å². The molecule has 0 spiro atoms. The van der Waals surface area contributed by atoms with Crippen LogP contribution in [-0.4, -0.2) is 39.3 Å². The lowest BCUT2D eigenvalue weighted by Crippen LogP contribution is -3.28. The summed E-state index contributed by atoms with van der Waals surface area (Å²) in [6, 6.07) is 11.0. The van der Waals surface area contributed by atoms with Gasteiger partial charge in [-0.2, -0.15) is 0 Å². The summed E-state index contributed by atoms with van der Waals surface area (Å²) in [5.74, 6) is 2.87. The number of allylic oxidation sites excluding steroid dienone is 2. The van der Waals surface area contributed by atoms with Gasteiger partial charge in [-0.25, -0.2) is 0 Å². The predicted molar refractivity (Wildman–Crippen MR) is 94.7 cm³/mol. The standard InChI is InChI=1S/C21H30N2/c1-2-5-18(6-3-1)7-4-10-22-11-13-23(14-12-22)17-21-16-19-8-9-20(21)15-19/h1-3,5-6,8-9,19-21H,4,7,10-17H2/p+2/t19-,20+,21-/m1/s1. The van der Waals surface area contributed by atoms with E-state index in [1.807, 2.05) is 9.80 Å². The zero-order chi connectivity index (χ0) is 15.5. The van der Waals surface area contributed by atoms with E-state index in [1.165, 1.54) is 70.5 Å². The Kier molecular flexibility index (Phi) is 4.82. The molecule has 2 nitrogen and oxygen atoms in total. The topological polar surface area (TPSA) is 8.88 Å². The summed E-state index contributed by atoms with van der Waals surface area (Å²) in [7, 11) is 0. The summed E-state index contributed by atoms with van der Waals surface area (Å²) in [6.45, 7) is 8.39. The first-order chi connectivity index (χ1) is 11.4. The van der Waals surface area contributed by atoms with Crippen molar-refractivity contribution in [3.8, 4) is 0 Å². The summed E-state index contributed by atoms with van der Waals surface area (Å²) < 4.78 is 0. The molecule has 0 unspecified atom stereocenters. The molecule has 3 aliphatic rings. The zero-order valence-electron chi connectivity index (χ0n) is 14.3. The highest BCUT2D eigenvalue weighted by Gasteiger charge is 2.38. The van der Waals surface area contributed by atoms with Crippen molar-refractivity contribution in [3.05, 3.63) is 48.0 Å². The fourth-order valence-corrected chi connectivity index (χ4v) is 5.10. The average Bonchev–Trinajstić information content (AvgIpc) is 3.20. The summed E-state index contributed by atoms with van der Waals surface area (Å²) in [5, 5.41) is 0. The number of piperazine rings is 1. The molecule has 4 rings (SSSR count). The van der Waals surface area contributed by atoms with Gasteiger partial charge in [0.1, 0.15) is 26.2 Å². The van der Waals surface area contributed by atoms with Gasteiger partial charge in [0, 0.05) is 12.3 Å². The van der Waals surface area contributed by atoms with E-state index in [9.17, 15) is 0 Å². The van der Waals surface area contributed by atoms with Gasteiger partial charge < -0.3 is 9.80 Å². The van der Waals surface area contributed by atoms with Crippen LogP contribution in [0.3, 0.4) is 0 Å². The maximum atomic E-state index is 2.52. The van der Waals surface area contributed by atoms with Crippen LogP contribution in [0.1, 0.15) is 24.8 Å². The predicted octanol–water partition coefficient (Wildman–Crippen LogP) is 0.615. The first-order valence-electron chi connectivity index (χ1n) is 9.76. The highest BCUT2D eigenvalue weighted by Crippen LogP contribution is 2.42. The Bertz CT molecular complexity index is 516. The first kappa shape index (κ1) is 15.4. The third-order valence-electron chi connectivity index (χ3n) is 6.47. The zero-order valence-corrected chi connectivity index (χ0v) is 14.3. The number of quaternary nitrogens is 2. The van der Waals surface area contributed by atoms with E-state index in [2.05, 4.69) is 42.5 Å². The lowest BCUT2D eigenvalue weighted by Gasteiger charge is -2.32. The Labute approximate surface area is 141 Å². The third-order valence-corrected chi connectivity index (χ3v) is 6.47. The minimum atomic E-state index is 0.934. The van der Waals surface area contributed by atoms with Crippen LogP contribution in [-0.2, 0) is 6.42 Å². The number of benzene rings is 1. The quantitative estimate of drug-likeness (QED) is 0.713. The fraction of sp³-hybridized carbons (Fsp3) is 0.619. The lowest BCUT2D eigenvalue weighted by atomic mass is 9.93. The number of nitrogens with one attached hydrogen (secondary N) is 2. The third kappa shape index (κ3) is 3.87. The maximum Gasteiger partial charge on any atom is 0.127 e. The minimum Gasteiger partial charge on any atom is -0.326 e. The molecule has 0 amide bonds. The van der Waals surface area contributed by atoms with Crippen molar-refractivity contribution < 1.29 is 9.80 Å². The molecule has 0 aromatic heterocycles. The van der Waals surface area contributed by atoms with Crippen LogP contribution in [0, 0.1) is 17.8 Å². The van der Waals surface area contributed by atoms with E-state index in [4.69, 9.17) is 0 Å². The molecule has 1 saturated heterocycles. The van der Waals surface area contributed by atoms with E-state index < -0.39 is 0 Å². The van der Waals surface area contributed by atoms with E-state index in [1.54, 1.807) is 0 Å². The van der Waals surface area contributed by atoms with Gasteiger partial charge in [0.05, 0.1) is 13.1 Å². The number of hydrogen-bond donors (Lipinski definition) is 2. The molecular weight excluding hydrogens is 280 g/mol. The van der Waals surface area contributed by atoms with E-state index in [0.717, 1.165) is 17.8 Å². The van der Waals surface area contributed by atoms with Gasteiger partial charge >= 0.3 is 0 Å². The Morgan fingerprint density at radius 2 is 1.65 bits per heavy atom. The molecule has 2 fully saturated rings. The normalized spacial score (nSPS) is 35.7. The van der Waals surface area contributed by atoms with Crippen molar-refractivity contribution in [1.29, 1.82) is 0 Å². The highest BCUT2D eigenvalue weighted by molar-refractivity contribution is 5.14. The largest absolute Gasteiger partial charge is 0.326 e. The fourth-order valence-electron chi connectivity index (χ4n) is 5.10. The van der Waals surface area contributed by atoms with Gasteiger partial charge in [-0.3, -0.25) is 0 Å². The minimum absolute atomic E-state index is 0.934. The van der Waals surface area contributed by atoms with Crippen LogP contribution in [0.5, 0.6) is 0 Å². The van der Waals surface area contributed by atoms with Crippen molar-refractivity contribution in [2.24, 2.45) is 17.8 Å². The number of fused-ring (bicyclic) bond motifs is 2. The summed E-state index contributed by atoms with van der Waals surface area (Å²) in [6.07, 6.45) is 10.5. The summed E-state index contributed by atoms with van der Waals surface area (Å²) >= 11 is 0. The van der Waals surface area contributed by atoms with E-state index in [0.29, 0.717) is 0 Å². The number of aryl methyl sites for hydroxylation is 1. The summed E-state index contributed by atoms with van der Waals surface area (Å²) in [4.78, 5) is 3.74.